The van der Waals surface area contributed by atoms with Gasteiger partial charge in [-0.2, -0.15) is 0 Å². The molecule has 1 heterocycles. The second-order valence-corrected chi connectivity index (χ2v) is 6.36. The molecule has 0 atom stereocenters. The van der Waals surface area contributed by atoms with Crippen LogP contribution in [0.1, 0.15) is 40.4 Å². The van der Waals surface area contributed by atoms with Gasteiger partial charge in [-0.25, -0.2) is 9.97 Å². The largest absolute Gasteiger partial charge is 0.492 e. The van der Waals surface area contributed by atoms with Gasteiger partial charge in [0.05, 0.1) is 12.3 Å². The van der Waals surface area contributed by atoms with Gasteiger partial charge in [0, 0.05) is 16.9 Å². The van der Waals surface area contributed by atoms with Crippen LogP contribution in [0.25, 0.3) is 0 Å². The number of hydrogen-bond acceptors (Lipinski definition) is 6. The lowest BCUT2D eigenvalue weighted by Crippen LogP contribution is -2.15. The Kier molecular flexibility index (Phi) is 6.19. The smallest absolute Gasteiger partial charge is 0.274 e. The summed E-state index contributed by atoms with van der Waals surface area (Å²) in [5, 5.41) is 5.89. The highest BCUT2D eigenvalue weighted by Gasteiger charge is 2.13. The third kappa shape index (κ3) is 5.16. The van der Waals surface area contributed by atoms with Crippen LogP contribution in [0.3, 0.4) is 0 Å². The fraction of sp³-hybridized carbons (Fsp3) is 0.182. The minimum absolute atomic E-state index is 0.0302. The summed E-state index contributed by atoms with van der Waals surface area (Å²) in [6, 6.07) is 15.8. The van der Waals surface area contributed by atoms with Crippen LogP contribution in [0.15, 0.2) is 54.6 Å². The molecule has 1 aromatic heterocycles. The average molecular weight is 390 g/mol. The van der Waals surface area contributed by atoms with Crippen LogP contribution in [0.5, 0.6) is 5.75 Å². The molecule has 1 amide bonds. The van der Waals surface area contributed by atoms with Gasteiger partial charge in [-0.05, 0) is 63.2 Å². The van der Waals surface area contributed by atoms with Gasteiger partial charge in [-0.3, -0.25) is 9.59 Å². The number of anilines is 3. The molecule has 0 aliphatic rings. The van der Waals surface area contributed by atoms with E-state index in [1.807, 2.05) is 31.2 Å². The molecule has 3 rings (SSSR count). The number of para-hydroxylation sites is 2. The molecule has 2 N–H and O–H groups in total. The molecular formula is C22H22N4O3. The van der Waals surface area contributed by atoms with Crippen molar-refractivity contribution in [1.82, 2.24) is 9.97 Å². The lowest BCUT2D eigenvalue weighted by Gasteiger charge is -2.12. The van der Waals surface area contributed by atoms with Crippen LogP contribution in [0, 0.1) is 6.92 Å². The number of rotatable bonds is 7. The van der Waals surface area contributed by atoms with E-state index in [0.717, 1.165) is 0 Å². The molecule has 148 valence electrons. The molecular weight excluding hydrogens is 368 g/mol. The van der Waals surface area contributed by atoms with Crippen molar-refractivity contribution >= 4 is 29.0 Å². The van der Waals surface area contributed by atoms with E-state index in [1.165, 1.54) is 6.92 Å². The Morgan fingerprint density at radius 3 is 2.45 bits per heavy atom. The molecule has 0 spiro atoms. The first-order valence-electron chi connectivity index (χ1n) is 9.23. The van der Waals surface area contributed by atoms with Gasteiger partial charge >= 0.3 is 0 Å². The zero-order valence-electron chi connectivity index (χ0n) is 16.5. The minimum atomic E-state index is -0.368. The van der Waals surface area contributed by atoms with Crippen molar-refractivity contribution in [1.29, 1.82) is 0 Å². The number of aromatic nitrogens is 2. The molecule has 0 aliphatic heterocycles. The standard InChI is InChI=1S/C22H22N4O3/c1-4-29-20-8-6-5-7-18(20)25-22-23-14(2)13-19(26-22)21(28)24-17-11-9-16(10-12-17)15(3)27/h5-13H,4H2,1-3H3,(H,24,28)(H,23,25,26). The number of amides is 1. The first-order valence-corrected chi connectivity index (χ1v) is 9.23. The summed E-state index contributed by atoms with van der Waals surface area (Å²) in [5.74, 6) is 0.579. The van der Waals surface area contributed by atoms with Gasteiger partial charge in [0.15, 0.2) is 5.78 Å². The fourth-order valence-corrected chi connectivity index (χ4v) is 2.70. The molecule has 0 fully saturated rings. The highest BCUT2D eigenvalue weighted by Crippen LogP contribution is 2.26. The molecule has 7 heteroatoms. The van der Waals surface area contributed by atoms with Crippen molar-refractivity contribution in [2.45, 2.75) is 20.8 Å². The molecule has 0 bridgehead atoms. The highest BCUT2D eigenvalue weighted by atomic mass is 16.5. The maximum absolute atomic E-state index is 12.6. The number of Topliss-reactive ketones (excluding diaryl/α,β-unsaturated/α-hetero) is 1. The normalized spacial score (nSPS) is 10.3. The second-order valence-electron chi connectivity index (χ2n) is 6.36. The van der Waals surface area contributed by atoms with Gasteiger partial charge in [0.1, 0.15) is 11.4 Å². The van der Waals surface area contributed by atoms with Gasteiger partial charge < -0.3 is 15.4 Å². The number of ether oxygens (including phenoxy) is 1. The summed E-state index contributed by atoms with van der Waals surface area (Å²) in [5.41, 5.74) is 2.75. The third-order valence-electron chi connectivity index (χ3n) is 4.07. The minimum Gasteiger partial charge on any atom is -0.492 e. The van der Waals surface area contributed by atoms with E-state index in [-0.39, 0.29) is 17.4 Å². The maximum atomic E-state index is 12.6. The molecule has 7 nitrogen and oxygen atoms in total. The van der Waals surface area contributed by atoms with Gasteiger partial charge in [0.25, 0.3) is 5.91 Å². The van der Waals surface area contributed by atoms with Crippen molar-refractivity contribution in [2.24, 2.45) is 0 Å². The van der Waals surface area contributed by atoms with E-state index in [9.17, 15) is 9.59 Å². The van der Waals surface area contributed by atoms with E-state index in [0.29, 0.717) is 40.9 Å². The first-order chi connectivity index (χ1) is 14.0. The molecule has 0 saturated heterocycles. The Hall–Kier alpha value is -3.74. The second kappa shape index (κ2) is 8.97. The van der Waals surface area contributed by atoms with Gasteiger partial charge in [0.2, 0.25) is 5.95 Å². The monoisotopic (exact) mass is 390 g/mol. The Morgan fingerprint density at radius 2 is 1.76 bits per heavy atom. The number of benzene rings is 2. The SMILES string of the molecule is CCOc1ccccc1Nc1nc(C)cc(C(=O)Nc2ccc(C(C)=O)cc2)n1. The molecule has 0 radical (unpaired) electrons. The topological polar surface area (TPSA) is 93.2 Å². The van der Waals surface area contributed by atoms with Crippen LogP contribution < -0.4 is 15.4 Å². The number of carbonyl (C=O) groups excluding carboxylic acids is 2. The van der Waals surface area contributed by atoms with Crippen molar-refractivity contribution in [3.05, 3.63) is 71.5 Å². The predicted molar refractivity (Wildman–Crippen MR) is 112 cm³/mol. The summed E-state index contributed by atoms with van der Waals surface area (Å²) in [7, 11) is 0. The van der Waals surface area contributed by atoms with E-state index in [2.05, 4.69) is 20.6 Å². The molecule has 0 aliphatic carbocycles. The van der Waals surface area contributed by atoms with E-state index >= 15 is 0 Å². The van der Waals surface area contributed by atoms with E-state index < -0.39 is 0 Å². The summed E-state index contributed by atoms with van der Waals surface area (Å²) in [6.45, 7) is 5.73. The summed E-state index contributed by atoms with van der Waals surface area (Å²) < 4.78 is 5.60. The van der Waals surface area contributed by atoms with Crippen LogP contribution in [-0.2, 0) is 0 Å². The summed E-state index contributed by atoms with van der Waals surface area (Å²) >= 11 is 0. The van der Waals surface area contributed by atoms with Crippen LogP contribution in [-0.4, -0.2) is 28.3 Å². The van der Waals surface area contributed by atoms with E-state index in [1.54, 1.807) is 37.3 Å². The van der Waals surface area contributed by atoms with Crippen LogP contribution in [0.2, 0.25) is 0 Å². The van der Waals surface area contributed by atoms with Gasteiger partial charge in [-0.15, -0.1) is 0 Å². The predicted octanol–water partition coefficient (Wildman–Crippen LogP) is 4.38. The lowest BCUT2D eigenvalue weighted by molar-refractivity contribution is 0.101. The number of ketones is 1. The van der Waals surface area contributed by atoms with E-state index in [4.69, 9.17) is 4.74 Å². The Labute approximate surface area is 169 Å². The number of nitrogens with zero attached hydrogens (tertiary/aromatic N) is 2. The summed E-state index contributed by atoms with van der Waals surface area (Å²) in [4.78, 5) is 32.7. The number of aryl methyl sites for hydroxylation is 1. The lowest BCUT2D eigenvalue weighted by atomic mass is 10.1. The molecule has 0 unspecified atom stereocenters. The van der Waals surface area contributed by atoms with Crippen LogP contribution in [0.4, 0.5) is 17.3 Å². The zero-order valence-corrected chi connectivity index (χ0v) is 16.5. The van der Waals surface area contributed by atoms with Gasteiger partial charge in [-0.1, -0.05) is 12.1 Å². The number of nitrogens with one attached hydrogen (secondary N) is 2. The number of hydrogen-bond donors (Lipinski definition) is 2. The van der Waals surface area contributed by atoms with Crippen molar-refractivity contribution in [3.8, 4) is 5.75 Å². The first kappa shape index (κ1) is 20.0. The van der Waals surface area contributed by atoms with Crippen LogP contribution >= 0.6 is 0 Å². The van der Waals surface area contributed by atoms with Crippen molar-refractivity contribution in [3.63, 3.8) is 0 Å². The highest BCUT2D eigenvalue weighted by molar-refractivity contribution is 6.03. The average Bonchev–Trinajstić information content (AvgIpc) is 2.69. The quantitative estimate of drug-likeness (QED) is 0.582. The summed E-state index contributed by atoms with van der Waals surface area (Å²) in [6.07, 6.45) is 0. The number of carbonyl (C=O) groups is 2. The Balaban J connectivity index is 1.79. The maximum Gasteiger partial charge on any atom is 0.274 e. The molecule has 3 aromatic rings. The zero-order chi connectivity index (χ0) is 20.8. The Morgan fingerprint density at radius 1 is 1.03 bits per heavy atom. The van der Waals surface area contributed by atoms with Crippen molar-refractivity contribution in [2.75, 3.05) is 17.2 Å². The third-order valence-corrected chi connectivity index (χ3v) is 4.07. The van der Waals surface area contributed by atoms with Crippen molar-refractivity contribution < 1.29 is 14.3 Å². The fourth-order valence-electron chi connectivity index (χ4n) is 2.70. The Bertz CT molecular complexity index is 1030. The molecule has 0 saturated carbocycles. The molecule has 2 aromatic carbocycles. The molecule has 29 heavy (non-hydrogen) atoms.